The summed E-state index contributed by atoms with van der Waals surface area (Å²) in [4.78, 5) is 12.0. The second-order valence-electron chi connectivity index (χ2n) is 6.22. The molecule has 3 aromatic heterocycles. The molecule has 1 aliphatic rings. The minimum Gasteiger partial charge on any atom is -0.309 e. The van der Waals surface area contributed by atoms with E-state index in [1.807, 2.05) is 18.3 Å². The number of hydrogen-bond donors (Lipinski definition) is 1. The number of quaternary nitrogens is 1. The molecule has 0 spiro atoms. The van der Waals surface area contributed by atoms with Crippen molar-refractivity contribution in [3.8, 4) is 0 Å². The largest absolute Gasteiger partial charge is 0.309 e. The second-order valence-corrected chi connectivity index (χ2v) is 7.57. The van der Waals surface area contributed by atoms with E-state index in [4.69, 9.17) is 12.2 Å². The van der Waals surface area contributed by atoms with Gasteiger partial charge in [-0.2, -0.15) is 4.98 Å². The summed E-state index contributed by atoms with van der Waals surface area (Å²) in [6.45, 7) is 6.10. The van der Waals surface area contributed by atoms with E-state index in [0.29, 0.717) is 16.6 Å². The lowest BCUT2D eigenvalue weighted by Crippen LogP contribution is -3.09. The van der Waals surface area contributed by atoms with E-state index in [1.165, 1.54) is 24.3 Å². The maximum atomic E-state index is 5.51. The zero-order chi connectivity index (χ0) is 16.0. The van der Waals surface area contributed by atoms with Gasteiger partial charge in [0.1, 0.15) is 6.04 Å². The van der Waals surface area contributed by atoms with E-state index in [-0.39, 0.29) is 0 Å². The molecule has 0 bridgehead atoms. The fourth-order valence-corrected chi connectivity index (χ4v) is 4.77. The number of fused-ring (bicyclic) bond motifs is 1. The van der Waals surface area contributed by atoms with Gasteiger partial charge >= 0.3 is 0 Å². The average molecular weight is 347 g/mol. The standard InChI is InChI=1S/C16H19N5S2/c1-11-9-12(2)21-15(17-11)18-16(22)20(21)10-19-7-3-5-13(19)14-6-4-8-23-14/h4,6,8-9,13H,3,5,7,10H2,1-2H3/p+1/t13-/m1/s1. The molecule has 0 radical (unpaired) electrons. The number of aromatic nitrogens is 4. The fraction of sp³-hybridized carbons (Fsp3) is 0.438. The highest BCUT2D eigenvalue weighted by atomic mass is 32.1. The number of thiophene rings is 1. The third-order valence-electron chi connectivity index (χ3n) is 4.60. The maximum absolute atomic E-state index is 5.51. The molecule has 2 atom stereocenters. The summed E-state index contributed by atoms with van der Waals surface area (Å²) in [5.74, 6) is 0.707. The third-order valence-corrected chi connectivity index (χ3v) is 5.89. The number of aryl methyl sites for hydroxylation is 2. The topological polar surface area (TPSA) is 39.6 Å². The summed E-state index contributed by atoms with van der Waals surface area (Å²) in [5.41, 5.74) is 2.11. The van der Waals surface area contributed by atoms with Crippen molar-refractivity contribution in [3.05, 3.63) is 44.6 Å². The molecule has 7 heteroatoms. The van der Waals surface area contributed by atoms with Gasteiger partial charge in [-0.25, -0.2) is 14.2 Å². The average Bonchev–Trinajstić information content (AvgIpc) is 3.20. The third kappa shape index (κ3) is 2.62. The quantitative estimate of drug-likeness (QED) is 0.740. The molecular formula is C16H20N5S2+. The van der Waals surface area contributed by atoms with Crippen LogP contribution >= 0.6 is 23.6 Å². The van der Waals surface area contributed by atoms with Crippen LogP contribution in [0.2, 0.25) is 0 Å². The number of likely N-dealkylation sites (tertiary alicyclic amines) is 1. The Kier molecular flexibility index (Phi) is 3.79. The monoisotopic (exact) mass is 346 g/mol. The van der Waals surface area contributed by atoms with Crippen molar-refractivity contribution in [1.29, 1.82) is 0 Å². The van der Waals surface area contributed by atoms with Crippen molar-refractivity contribution in [2.75, 3.05) is 6.54 Å². The summed E-state index contributed by atoms with van der Waals surface area (Å²) < 4.78 is 4.79. The summed E-state index contributed by atoms with van der Waals surface area (Å²) in [6.07, 6.45) is 2.51. The molecule has 5 nitrogen and oxygen atoms in total. The molecule has 1 N–H and O–H groups in total. The van der Waals surface area contributed by atoms with Crippen LogP contribution in [0, 0.1) is 18.6 Å². The van der Waals surface area contributed by atoms with Gasteiger partial charge in [0.2, 0.25) is 4.77 Å². The first-order chi connectivity index (χ1) is 11.1. The molecule has 1 fully saturated rings. The van der Waals surface area contributed by atoms with Crippen LogP contribution in [-0.4, -0.2) is 25.7 Å². The molecule has 1 saturated heterocycles. The van der Waals surface area contributed by atoms with Gasteiger partial charge in [-0.15, -0.1) is 11.3 Å². The van der Waals surface area contributed by atoms with E-state index in [1.54, 1.807) is 4.90 Å². The predicted molar refractivity (Wildman–Crippen MR) is 93.4 cm³/mol. The van der Waals surface area contributed by atoms with Crippen LogP contribution in [0.5, 0.6) is 0 Å². The van der Waals surface area contributed by atoms with Gasteiger partial charge in [0.15, 0.2) is 6.67 Å². The molecule has 120 valence electrons. The minimum absolute atomic E-state index is 0.571. The molecule has 1 unspecified atom stereocenters. The van der Waals surface area contributed by atoms with Crippen LogP contribution in [0.4, 0.5) is 0 Å². The van der Waals surface area contributed by atoms with Crippen LogP contribution in [0.3, 0.4) is 0 Å². The van der Waals surface area contributed by atoms with Crippen molar-refractivity contribution in [1.82, 2.24) is 19.2 Å². The number of hydrogen-bond acceptors (Lipinski definition) is 4. The zero-order valence-corrected chi connectivity index (χ0v) is 15.0. The van der Waals surface area contributed by atoms with Gasteiger partial charge in [-0.05, 0) is 43.6 Å². The Morgan fingerprint density at radius 2 is 2.26 bits per heavy atom. The first-order valence-electron chi connectivity index (χ1n) is 7.95. The molecule has 4 rings (SSSR count). The lowest BCUT2D eigenvalue weighted by Gasteiger charge is -2.21. The molecule has 0 aliphatic carbocycles. The molecule has 4 heterocycles. The molecule has 0 saturated carbocycles. The van der Waals surface area contributed by atoms with Crippen LogP contribution in [-0.2, 0) is 6.67 Å². The highest BCUT2D eigenvalue weighted by molar-refractivity contribution is 7.71. The van der Waals surface area contributed by atoms with Crippen molar-refractivity contribution in [2.24, 2.45) is 0 Å². The van der Waals surface area contributed by atoms with E-state index in [2.05, 4.69) is 49.7 Å². The normalized spacial score (nSPS) is 21.3. The molecule has 3 aromatic rings. The zero-order valence-electron chi connectivity index (χ0n) is 13.3. The van der Waals surface area contributed by atoms with Gasteiger partial charge in [-0.3, -0.25) is 0 Å². The number of nitrogens with zero attached hydrogens (tertiary/aromatic N) is 4. The van der Waals surface area contributed by atoms with E-state index < -0.39 is 0 Å². The molecule has 23 heavy (non-hydrogen) atoms. The van der Waals surface area contributed by atoms with Gasteiger partial charge in [0, 0.05) is 24.2 Å². The number of rotatable bonds is 3. The van der Waals surface area contributed by atoms with Gasteiger partial charge in [0.25, 0.3) is 5.78 Å². The smallest absolute Gasteiger partial charge is 0.252 e. The summed E-state index contributed by atoms with van der Waals surface area (Å²) in [5, 5.41) is 2.17. The Labute approximate surface area is 144 Å². The van der Waals surface area contributed by atoms with Crippen molar-refractivity contribution in [2.45, 2.75) is 39.4 Å². The molecule has 1 aliphatic heterocycles. The summed E-state index contributed by atoms with van der Waals surface area (Å²) >= 11 is 7.37. The van der Waals surface area contributed by atoms with E-state index >= 15 is 0 Å². The van der Waals surface area contributed by atoms with E-state index in [0.717, 1.165) is 18.1 Å². The first-order valence-corrected chi connectivity index (χ1v) is 9.24. The van der Waals surface area contributed by atoms with Gasteiger partial charge in [-0.1, -0.05) is 6.07 Å². The Bertz CT molecular complexity index is 893. The fourth-order valence-electron chi connectivity index (χ4n) is 3.62. The van der Waals surface area contributed by atoms with Crippen LogP contribution in [0.25, 0.3) is 5.78 Å². The Morgan fingerprint density at radius 1 is 1.39 bits per heavy atom. The maximum Gasteiger partial charge on any atom is 0.252 e. The van der Waals surface area contributed by atoms with Crippen LogP contribution in [0.15, 0.2) is 23.6 Å². The Hall–Kier alpha value is -1.57. The van der Waals surface area contributed by atoms with Crippen molar-refractivity contribution in [3.63, 3.8) is 0 Å². The summed E-state index contributed by atoms with van der Waals surface area (Å²) in [6, 6.07) is 7.05. The van der Waals surface area contributed by atoms with Crippen molar-refractivity contribution < 1.29 is 4.90 Å². The van der Waals surface area contributed by atoms with Crippen molar-refractivity contribution >= 4 is 29.3 Å². The second kappa shape index (κ2) is 5.81. The van der Waals surface area contributed by atoms with Gasteiger partial charge < -0.3 is 4.90 Å². The number of nitrogens with one attached hydrogen (secondary N) is 1. The lowest BCUT2D eigenvalue weighted by molar-refractivity contribution is -0.941. The SMILES string of the molecule is Cc1cc(C)n2c(n1)nc(=S)n2C[NH+]1CCC[C@@H]1c1cccs1. The van der Waals surface area contributed by atoms with Crippen LogP contribution in [0.1, 0.15) is 35.1 Å². The lowest BCUT2D eigenvalue weighted by atomic mass is 10.2. The Balaban J connectivity index is 1.73. The molecule has 0 aromatic carbocycles. The van der Waals surface area contributed by atoms with E-state index in [9.17, 15) is 0 Å². The Morgan fingerprint density at radius 3 is 3.04 bits per heavy atom. The molecule has 0 amide bonds. The minimum atomic E-state index is 0.571. The summed E-state index contributed by atoms with van der Waals surface area (Å²) in [7, 11) is 0. The van der Waals surface area contributed by atoms with Crippen LogP contribution < -0.4 is 4.90 Å². The highest BCUT2D eigenvalue weighted by Crippen LogP contribution is 2.23. The highest BCUT2D eigenvalue weighted by Gasteiger charge is 2.31. The van der Waals surface area contributed by atoms with Gasteiger partial charge in [0.05, 0.1) is 11.4 Å². The predicted octanol–water partition coefficient (Wildman–Crippen LogP) is 2.32. The first kappa shape index (κ1) is 15.0. The molecular weight excluding hydrogens is 326 g/mol.